The molecule has 0 aliphatic heterocycles. The van der Waals surface area contributed by atoms with E-state index in [9.17, 15) is 14.4 Å². The van der Waals surface area contributed by atoms with E-state index in [-0.39, 0.29) is 31.1 Å². The number of ether oxygens (including phenoxy) is 3. The summed E-state index contributed by atoms with van der Waals surface area (Å²) < 4.78 is 17.0. The van der Waals surface area contributed by atoms with E-state index in [4.69, 9.17) is 14.2 Å². The van der Waals surface area contributed by atoms with Crippen molar-refractivity contribution in [2.45, 2.75) is 412 Å². The smallest absolute Gasteiger partial charge is 0.306 e. The molecule has 81 heavy (non-hydrogen) atoms. The summed E-state index contributed by atoms with van der Waals surface area (Å²) in [6, 6.07) is 0. The molecule has 0 aromatic carbocycles. The quantitative estimate of drug-likeness (QED) is 0.0261. The maximum Gasteiger partial charge on any atom is 0.306 e. The van der Waals surface area contributed by atoms with Crippen LogP contribution in [0.4, 0.5) is 0 Å². The van der Waals surface area contributed by atoms with Crippen molar-refractivity contribution < 1.29 is 28.6 Å². The van der Waals surface area contributed by atoms with Gasteiger partial charge in [0.15, 0.2) is 6.10 Å². The fourth-order valence-corrected chi connectivity index (χ4v) is 11.2. The Bertz CT molecular complexity index is 1350. The Labute approximate surface area is 506 Å². The van der Waals surface area contributed by atoms with Gasteiger partial charge in [0.05, 0.1) is 0 Å². The average molecular weight is 1140 g/mol. The van der Waals surface area contributed by atoms with Crippen LogP contribution in [0.25, 0.3) is 0 Å². The minimum atomic E-state index is -0.777. The summed E-state index contributed by atoms with van der Waals surface area (Å²) in [5, 5.41) is 0. The van der Waals surface area contributed by atoms with Gasteiger partial charge in [-0.2, -0.15) is 0 Å². The lowest BCUT2D eigenvalue weighted by Gasteiger charge is -2.18. The van der Waals surface area contributed by atoms with Crippen LogP contribution in [-0.4, -0.2) is 37.2 Å². The van der Waals surface area contributed by atoms with E-state index in [2.05, 4.69) is 57.2 Å². The van der Waals surface area contributed by atoms with Crippen molar-refractivity contribution >= 4 is 17.9 Å². The Balaban J connectivity index is 4.24. The monoisotopic (exact) mass is 1140 g/mol. The Morgan fingerprint density at radius 3 is 0.716 bits per heavy atom. The molecule has 6 heteroatoms. The SMILES string of the molecule is CCCCC/C=C\C/C=C\C/C=C\CCCCCCCCC(=O)OC(COC(=O)CCCCCCCCCCCCCCCCCC)COC(=O)CCCCCCCCCCCCCCCCCCCCCCCCCCCCCC. The molecule has 0 aromatic rings. The number of esters is 3. The zero-order chi connectivity index (χ0) is 58.5. The number of unbranched alkanes of at least 4 members (excludes halogenated alkanes) is 51. The van der Waals surface area contributed by atoms with Gasteiger partial charge in [0, 0.05) is 19.3 Å². The minimum absolute atomic E-state index is 0.0717. The van der Waals surface area contributed by atoms with Gasteiger partial charge in [0.2, 0.25) is 0 Å². The van der Waals surface area contributed by atoms with Gasteiger partial charge in [-0.15, -0.1) is 0 Å². The first-order chi connectivity index (χ1) is 40.0. The average Bonchev–Trinajstić information content (AvgIpc) is 3.47. The van der Waals surface area contributed by atoms with Gasteiger partial charge in [0.1, 0.15) is 13.2 Å². The normalized spacial score (nSPS) is 12.2. The second-order valence-corrected chi connectivity index (χ2v) is 24.9. The molecule has 0 saturated carbocycles. The van der Waals surface area contributed by atoms with Gasteiger partial charge in [-0.3, -0.25) is 14.4 Å². The van der Waals surface area contributed by atoms with Gasteiger partial charge in [0.25, 0.3) is 0 Å². The highest BCUT2D eigenvalue weighted by Crippen LogP contribution is 2.19. The zero-order valence-electron chi connectivity index (χ0n) is 54.8. The number of carbonyl (C=O) groups is 3. The van der Waals surface area contributed by atoms with Gasteiger partial charge in [-0.25, -0.2) is 0 Å². The van der Waals surface area contributed by atoms with Crippen LogP contribution in [-0.2, 0) is 28.6 Å². The first-order valence-electron chi connectivity index (χ1n) is 36.5. The highest BCUT2D eigenvalue weighted by atomic mass is 16.6. The molecule has 6 nitrogen and oxygen atoms in total. The predicted molar refractivity (Wildman–Crippen MR) is 353 cm³/mol. The van der Waals surface area contributed by atoms with Crippen molar-refractivity contribution in [3.63, 3.8) is 0 Å². The van der Waals surface area contributed by atoms with E-state index in [1.807, 2.05) is 0 Å². The third-order valence-corrected chi connectivity index (χ3v) is 16.6. The van der Waals surface area contributed by atoms with Crippen molar-refractivity contribution in [1.82, 2.24) is 0 Å². The number of rotatable bonds is 68. The minimum Gasteiger partial charge on any atom is -0.462 e. The maximum atomic E-state index is 13.0. The molecule has 0 fully saturated rings. The van der Waals surface area contributed by atoms with E-state index in [1.165, 1.54) is 289 Å². The molecule has 0 spiro atoms. The van der Waals surface area contributed by atoms with E-state index < -0.39 is 6.10 Å². The molecule has 476 valence electrons. The molecular weight excluding hydrogens is 997 g/mol. The highest BCUT2D eigenvalue weighted by Gasteiger charge is 2.19. The molecule has 1 unspecified atom stereocenters. The number of carbonyl (C=O) groups excluding carboxylic acids is 3. The van der Waals surface area contributed by atoms with Gasteiger partial charge >= 0.3 is 17.9 Å². The van der Waals surface area contributed by atoms with Crippen LogP contribution in [0.15, 0.2) is 36.5 Å². The molecule has 0 heterocycles. The molecule has 0 amide bonds. The fraction of sp³-hybridized carbons (Fsp3) is 0.880. The molecular formula is C75H140O6. The molecule has 0 aliphatic carbocycles. The Hall–Kier alpha value is -2.37. The highest BCUT2D eigenvalue weighted by molar-refractivity contribution is 5.71. The molecule has 0 saturated heterocycles. The molecule has 1 atom stereocenters. The van der Waals surface area contributed by atoms with Crippen molar-refractivity contribution in [3.05, 3.63) is 36.5 Å². The van der Waals surface area contributed by atoms with E-state index in [0.29, 0.717) is 19.3 Å². The van der Waals surface area contributed by atoms with Crippen LogP contribution in [0, 0.1) is 0 Å². The summed E-state index contributed by atoms with van der Waals surface area (Å²) >= 11 is 0. The van der Waals surface area contributed by atoms with Crippen molar-refractivity contribution in [1.29, 1.82) is 0 Å². The van der Waals surface area contributed by atoms with Crippen molar-refractivity contribution in [2.75, 3.05) is 13.2 Å². The Morgan fingerprint density at radius 2 is 0.444 bits per heavy atom. The first kappa shape index (κ1) is 78.6. The number of allylic oxidation sites excluding steroid dienone is 6. The number of hydrogen-bond acceptors (Lipinski definition) is 6. The summed E-state index contributed by atoms with van der Waals surface area (Å²) in [7, 11) is 0. The van der Waals surface area contributed by atoms with Gasteiger partial charge in [-0.1, -0.05) is 365 Å². The lowest BCUT2D eigenvalue weighted by molar-refractivity contribution is -0.167. The van der Waals surface area contributed by atoms with E-state index >= 15 is 0 Å². The van der Waals surface area contributed by atoms with Crippen LogP contribution < -0.4 is 0 Å². The van der Waals surface area contributed by atoms with Crippen LogP contribution in [0.2, 0.25) is 0 Å². The first-order valence-corrected chi connectivity index (χ1v) is 36.5. The van der Waals surface area contributed by atoms with Gasteiger partial charge < -0.3 is 14.2 Å². The second-order valence-electron chi connectivity index (χ2n) is 24.9. The van der Waals surface area contributed by atoms with E-state index in [1.54, 1.807) is 0 Å². The van der Waals surface area contributed by atoms with Gasteiger partial charge in [-0.05, 0) is 57.8 Å². The standard InChI is InChI=1S/C75H140O6/c1-4-7-10-13-16-19-22-25-28-31-33-34-35-36-37-38-39-40-41-43-44-47-50-53-56-59-62-65-68-74(77)80-71-72(70-79-73(76)67-64-61-58-55-52-49-46-30-27-24-21-18-15-12-9-6-3)81-75(78)69-66-63-60-57-54-51-48-45-42-32-29-26-23-20-17-14-11-8-5-2/h17,20,26,29,42,45,72H,4-16,18-19,21-25,27-28,30-41,43-44,46-71H2,1-3H3/b20-17-,29-26-,45-42-. The fourth-order valence-electron chi connectivity index (χ4n) is 11.2. The Kier molecular flexibility index (Phi) is 68.1. The molecule has 0 N–H and O–H groups in total. The maximum absolute atomic E-state index is 13.0. The van der Waals surface area contributed by atoms with Crippen LogP contribution >= 0.6 is 0 Å². The lowest BCUT2D eigenvalue weighted by atomic mass is 10.0. The van der Waals surface area contributed by atoms with Crippen LogP contribution in [0.1, 0.15) is 406 Å². The summed E-state index contributed by atoms with van der Waals surface area (Å²) in [5.41, 5.74) is 0. The summed E-state index contributed by atoms with van der Waals surface area (Å²) in [5.74, 6) is -0.852. The zero-order valence-corrected chi connectivity index (χ0v) is 54.8. The summed E-state index contributed by atoms with van der Waals surface area (Å²) in [6.45, 7) is 6.69. The van der Waals surface area contributed by atoms with E-state index in [0.717, 1.165) is 77.0 Å². The summed E-state index contributed by atoms with van der Waals surface area (Å²) in [6.07, 6.45) is 87.5. The molecule has 0 aliphatic rings. The largest absolute Gasteiger partial charge is 0.462 e. The topological polar surface area (TPSA) is 78.9 Å². The van der Waals surface area contributed by atoms with Crippen molar-refractivity contribution in [3.8, 4) is 0 Å². The Morgan fingerprint density at radius 1 is 0.247 bits per heavy atom. The van der Waals surface area contributed by atoms with Crippen LogP contribution in [0.3, 0.4) is 0 Å². The van der Waals surface area contributed by atoms with Crippen LogP contribution in [0.5, 0.6) is 0 Å². The molecule has 0 bridgehead atoms. The molecule has 0 radical (unpaired) electrons. The second kappa shape index (κ2) is 70.1. The molecule has 0 aromatic heterocycles. The molecule has 0 rings (SSSR count). The summed E-state index contributed by atoms with van der Waals surface area (Å²) in [4.78, 5) is 38.5. The third-order valence-electron chi connectivity index (χ3n) is 16.6. The third kappa shape index (κ3) is 68.3. The predicted octanol–water partition coefficient (Wildman–Crippen LogP) is 25.1. The number of hydrogen-bond donors (Lipinski definition) is 0. The lowest BCUT2D eigenvalue weighted by Crippen LogP contribution is -2.30. The van der Waals surface area contributed by atoms with Crippen molar-refractivity contribution in [2.24, 2.45) is 0 Å².